The quantitative estimate of drug-likeness (QED) is 0.192. The maximum absolute atomic E-state index is 6.53. The van der Waals surface area contributed by atoms with Crippen molar-refractivity contribution in [2.75, 3.05) is 0 Å². The Labute approximate surface area is 289 Å². The topological polar surface area (TPSA) is 51.8 Å². The molecule has 0 N–H and O–H groups in total. The number of pyridine rings is 1. The van der Waals surface area contributed by atoms with Crippen LogP contribution in [-0.2, 0) is 5.41 Å². The van der Waals surface area contributed by atoms with Gasteiger partial charge in [0.05, 0.1) is 16.9 Å². The Bertz CT molecular complexity index is 2790. The fourth-order valence-corrected chi connectivity index (χ4v) is 7.78. The molecule has 6 aromatic carbocycles. The molecule has 50 heavy (non-hydrogen) atoms. The number of furan rings is 1. The number of fused-ring (bicyclic) bond motifs is 8. The van der Waals surface area contributed by atoms with Crippen LogP contribution >= 0.6 is 0 Å². The zero-order valence-corrected chi connectivity index (χ0v) is 27.7. The first-order valence-corrected chi connectivity index (χ1v) is 17.0. The number of aromatic nitrogens is 3. The summed E-state index contributed by atoms with van der Waals surface area (Å²) < 4.78 is 6.53. The zero-order chi connectivity index (χ0) is 33.4. The monoisotopic (exact) mass is 641 g/mol. The number of hydrogen-bond donors (Lipinski definition) is 0. The fraction of sp³-hybridized carbons (Fsp3) is 0.0652. The predicted octanol–water partition coefficient (Wildman–Crippen LogP) is 11.9. The number of hydrogen-bond acceptors (Lipinski definition) is 4. The average molecular weight is 642 g/mol. The van der Waals surface area contributed by atoms with Crippen LogP contribution in [0.5, 0.6) is 0 Å². The highest BCUT2D eigenvalue weighted by Gasteiger charge is 2.35. The lowest BCUT2D eigenvalue weighted by Crippen LogP contribution is -2.14. The van der Waals surface area contributed by atoms with Crippen molar-refractivity contribution < 1.29 is 4.42 Å². The molecule has 0 bridgehead atoms. The molecule has 236 valence electrons. The van der Waals surface area contributed by atoms with E-state index in [9.17, 15) is 0 Å². The molecular formula is C46H31N3O. The molecule has 0 saturated heterocycles. The molecule has 0 fully saturated rings. The second-order valence-corrected chi connectivity index (χ2v) is 13.6. The SMILES string of the molecule is CC1(C)c2ccccc2-c2ccc(-c3cc(-c4ccccc4)nc(-c4cccc(-c5nc6ccccc6c6c5oc5ccccc56)c4)n3)cc21. The zero-order valence-electron chi connectivity index (χ0n) is 27.7. The third-order valence-corrected chi connectivity index (χ3v) is 10.3. The summed E-state index contributed by atoms with van der Waals surface area (Å²) in [4.78, 5) is 15.6. The molecular weight excluding hydrogens is 611 g/mol. The normalized spacial score (nSPS) is 13.2. The molecule has 3 aromatic heterocycles. The van der Waals surface area contributed by atoms with E-state index in [4.69, 9.17) is 19.4 Å². The molecule has 0 radical (unpaired) electrons. The fourth-order valence-electron chi connectivity index (χ4n) is 7.78. The Balaban J connectivity index is 1.16. The molecule has 0 aliphatic heterocycles. The summed E-state index contributed by atoms with van der Waals surface area (Å²) in [5.41, 5.74) is 14.3. The lowest BCUT2D eigenvalue weighted by atomic mass is 9.82. The summed E-state index contributed by atoms with van der Waals surface area (Å²) in [5, 5.41) is 3.25. The van der Waals surface area contributed by atoms with Gasteiger partial charge in [-0.1, -0.05) is 135 Å². The highest BCUT2D eigenvalue weighted by Crippen LogP contribution is 2.49. The number of para-hydroxylation sites is 2. The lowest BCUT2D eigenvalue weighted by molar-refractivity contribution is 0.660. The Hall–Kier alpha value is -6.39. The van der Waals surface area contributed by atoms with Crippen LogP contribution in [0.15, 0.2) is 156 Å². The Morgan fingerprint density at radius 1 is 0.480 bits per heavy atom. The maximum Gasteiger partial charge on any atom is 0.162 e. The van der Waals surface area contributed by atoms with E-state index in [2.05, 4.69) is 141 Å². The van der Waals surface area contributed by atoms with E-state index >= 15 is 0 Å². The Morgan fingerprint density at radius 3 is 2.04 bits per heavy atom. The second-order valence-electron chi connectivity index (χ2n) is 13.6. The molecule has 1 aliphatic rings. The van der Waals surface area contributed by atoms with Gasteiger partial charge in [-0.2, -0.15) is 0 Å². The minimum atomic E-state index is -0.108. The molecule has 0 unspecified atom stereocenters. The van der Waals surface area contributed by atoms with Gasteiger partial charge in [-0.15, -0.1) is 0 Å². The third kappa shape index (κ3) is 4.35. The Kier molecular flexibility index (Phi) is 6.19. The van der Waals surface area contributed by atoms with Crippen molar-refractivity contribution in [1.29, 1.82) is 0 Å². The van der Waals surface area contributed by atoms with Gasteiger partial charge in [0.1, 0.15) is 11.3 Å². The van der Waals surface area contributed by atoms with Gasteiger partial charge in [-0.25, -0.2) is 15.0 Å². The van der Waals surface area contributed by atoms with Crippen LogP contribution in [0.25, 0.3) is 89.1 Å². The Morgan fingerprint density at radius 2 is 1.16 bits per heavy atom. The number of benzene rings is 6. The predicted molar refractivity (Wildman–Crippen MR) is 204 cm³/mol. The molecule has 0 spiro atoms. The van der Waals surface area contributed by atoms with Crippen LogP contribution in [0.2, 0.25) is 0 Å². The molecule has 4 nitrogen and oxygen atoms in total. The van der Waals surface area contributed by atoms with Crippen LogP contribution in [0.1, 0.15) is 25.0 Å². The molecule has 0 saturated carbocycles. The summed E-state index contributed by atoms with van der Waals surface area (Å²) in [6.45, 7) is 4.63. The van der Waals surface area contributed by atoms with Crippen LogP contribution < -0.4 is 0 Å². The largest absolute Gasteiger partial charge is 0.454 e. The van der Waals surface area contributed by atoms with Gasteiger partial charge in [0, 0.05) is 43.8 Å². The van der Waals surface area contributed by atoms with Crippen LogP contribution in [0.3, 0.4) is 0 Å². The van der Waals surface area contributed by atoms with E-state index in [1.807, 2.05) is 24.3 Å². The summed E-state index contributed by atoms with van der Waals surface area (Å²) in [6.07, 6.45) is 0. The minimum Gasteiger partial charge on any atom is -0.454 e. The molecule has 9 aromatic rings. The highest BCUT2D eigenvalue weighted by atomic mass is 16.3. The lowest BCUT2D eigenvalue weighted by Gasteiger charge is -2.22. The van der Waals surface area contributed by atoms with E-state index < -0.39 is 0 Å². The first-order chi connectivity index (χ1) is 24.5. The molecule has 0 atom stereocenters. The summed E-state index contributed by atoms with van der Waals surface area (Å²) >= 11 is 0. The van der Waals surface area contributed by atoms with Crippen molar-refractivity contribution >= 4 is 32.8 Å². The number of rotatable bonds is 4. The van der Waals surface area contributed by atoms with Gasteiger partial charge >= 0.3 is 0 Å². The summed E-state index contributed by atoms with van der Waals surface area (Å²) in [6, 6.07) is 52.8. The maximum atomic E-state index is 6.53. The first kappa shape index (κ1) is 28.6. The van der Waals surface area contributed by atoms with E-state index in [1.54, 1.807) is 0 Å². The van der Waals surface area contributed by atoms with Crippen molar-refractivity contribution in [3.63, 3.8) is 0 Å². The molecule has 1 aliphatic carbocycles. The first-order valence-electron chi connectivity index (χ1n) is 17.0. The van der Waals surface area contributed by atoms with E-state index in [0.717, 1.165) is 72.2 Å². The third-order valence-electron chi connectivity index (χ3n) is 10.3. The molecule has 3 heterocycles. The van der Waals surface area contributed by atoms with Gasteiger partial charge in [0.25, 0.3) is 0 Å². The van der Waals surface area contributed by atoms with E-state index in [0.29, 0.717) is 5.82 Å². The second kappa shape index (κ2) is 10.8. The van der Waals surface area contributed by atoms with E-state index in [-0.39, 0.29) is 5.41 Å². The number of nitrogens with zero attached hydrogens (tertiary/aromatic N) is 3. The summed E-state index contributed by atoms with van der Waals surface area (Å²) in [7, 11) is 0. The van der Waals surface area contributed by atoms with Crippen LogP contribution in [0, 0.1) is 0 Å². The molecule has 0 amide bonds. The van der Waals surface area contributed by atoms with Crippen molar-refractivity contribution in [1.82, 2.24) is 15.0 Å². The highest BCUT2D eigenvalue weighted by molar-refractivity contribution is 6.20. The average Bonchev–Trinajstić information content (AvgIpc) is 3.67. The minimum absolute atomic E-state index is 0.108. The van der Waals surface area contributed by atoms with E-state index in [1.165, 1.54) is 22.3 Å². The van der Waals surface area contributed by atoms with Gasteiger partial charge in [-0.05, 0) is 52.6 Å². The molecule has 4 heteroatoms. The van der Waals surface area contributed by atoms with Gasteiger partial charge < -0.3 is 4.42 Å². The van der Waals surface area contributed by atoms with Gasteiger partial charge in [0.2, 0.25) is 0 Å². The van der Waals surface area contributed by atoms with Crippen molar-refractivity contribution in [3.05, 3.63) is 163 Å². The van der Waals surface area contributed by atoms with Crippen LogP contribution in [-0.4, -0.2) is 15.0 Å². The van der Waals surface area contributed by atoms with Crippen molar-refractivity contribution in [3.8, 4) is 56.3 Å². The standard InChI is InChI=1S/C46H31N3O/c1-46(2)36-20-9-6-17-32(36)33-24-23-29(26-37(33)46)40-27-39(28-13-4-3-5-14-28)48-45(49-40)31-16-12-15-30(25-31)43-44-42(34-18-7-10-21-38(34)47-43)35-19-8-11-22-41(35)50-44/h3-27H,1-2H3. The summed E-state index contributed by atoms with van der Waals surface area (Å²) in [5.74, 6) is 0.660. The van der Waals surface area contributed by atoms with Crippen LogP contribution in [0.4, 0.5) is 0 Å². The van der Waals surface area contributed by atoms with Gasteiger partial charge in [0.15, 0.2) is 11.4 Å². The molecule has 10 rings (SSSR count). The van der Waals surface area contributed by atoms with Crippen molar-refractivity contribution in [2.24, 2.45) is 0 Å². The smallest absolute Gasteiger partial charge is 0.162 e. The van der Waals surface area contributed by atoms with Crippen molar-refractivity contribution in [2.45, 2.75) is 19.3 Å². The van der Waals surface area contributed by atoms with Gasteiger partial charge in [-0.3, -0.25) is 0 Å².